The number of likely N-dealkylation sites (tertiary alicyclic amines) is 1. The molecule has 0 N–H and O–H groups in total. The molecule has 0 saturated carbocycles. The molecule has 4 heteroatoms. The van der Waals surface area contributed by atoms with E-state index in [9.17, 15) is 4.79 Å². The molecule has 0 aliphatic carbocycles. The maximum atomic E-state index is 11.2. The van der Waals surface area contributed by atoms with Gasteiger partial charge >= 0.3 is 0 Å². The number of rotatable bonds is 2. The van der Waals surface area contributed by atoms with Gasteiger partial charge in [0.25, 0.3) is 0 Å². The Hall–Kier alpha value is -2.23. The molecule has 0 unspecified atom stereocenters. The Bertz CT molecular complexity index is 633. The average molecular weight is 267 g/mol. The van der Waals surface area contributed by atoms with Crippen molar-refractivity contribution in [3.05, 3.63) is 47.9 Å². The van der Waals surface area contributed by atoms with Crippen molar-refractivity contribution in [2.75, 3.05) is 13.1 Å². The molecule has 2 heterocycles. The fraction of sp³-hybridized carbons (Fsp3) is 0.312. The lowest BCUT2D eigenvalue weighted by atomic mass is 9.98. The van der Waals surface area contributed by atoms with E-state index in [4.69, 9.17) is 0 Å². The van der Waals surface area contributed by atoms with Crippen LogP contribution in [0.1, 0.15) is 24.4 Å². The van der Waals surface area contributed by atoms with Crippen LogP contribution in [0.4, 0.5) is 0 Å². The Kier molecular flexibility index (Phi) is 3.22. The molecule has 20 heavy (non-hydrogen) atoms. The second kappa shape index (κ2) is 5.04. The van der Waals surface area contributed by atoms with E-state index in [1.807, 2.05) is 48.2 Å². The minimum Gasteiger partial charge on any atom is -0.341 e. The first-order chi connectivity index (χ1) is 9.63. The van der Waals surface area contributed by atoms with Gasteiger partial charge in [0.2, 0.25) is 5.91 Å². The second-order valence-electron chi connectivity index (χ2n) is 5.24. The Labute approximate surface area is 118 Å². The molecule has 0 atom stereocenters. The van der Waals surface area contributed by atoms with Gasteiger partial charge in [-0.2, -0.15) is 0 Å². The number of hydrogen-bond acceptors (Lipinski definition) is 3. The summed E-state index contributed by atoms with van der Waals surface area (Å²) in [6.45, 7) is 5.04. The summed E-state index contributed by atoms with van der Waals surface area (Å²) in [5.41, 5.74) is 3.02. The first kappa shape index (κ1) is 12.8. The summed E-state index contributed by atoms with van der Waals surface area (Å²) < 4.78 is 0. The summed E-state index contributed by atoms with van der Waals surface area (Å²) in [5.74, 6) is 1.24. The van der Waals surface area contributed by atoms with Crippen molar-refractivity contribution in [2.24, 2.45) is 0 Å². The van der Waals surface area contributed by atoms with Crippen molar-refractivity contribution in [2.45, 2.75) is 19.8 Å². The largest absolute Gasteiger partial charge is 0.341 e. The van der Waals surface area contributed by atoms with Crippen LogP contribution in [0, 0.1) is 6.92 Å². The van der Waals surface area contributed by atoms with Crippen molar-refractivity contribution in [3.8, 4) is 11.3 Å². The molecule has 102 valence electrons. The lowest BCUT2D eigenvalue weighted by Crippen LogP contribution is -2.48. The molecule has 1 aliphatic heterocycles. The van der Waals surface area contributed by atoms with Crippen molar-refractivity contribution in [1.29, 1.82) is 0 Å². The number of hydrogen-bond donors (Lipinski definition) is 0. The van der Waals surface area contributed by atoms with Crippen LogP contribution in [-0.4, -0.2) is 33.9 Å². The maximum Gasteiger partial charge on any atom is 0.219 e. The quantitative estimate of drug-likeness (QED) is 0.839. The maximum absolute atomic E-state index is 11.2. The highest BCUT2D eigenvalue weighted by molar-refractivity contribution is 5.74. The van der Waals surface area contributed by atoms with Crippen LogP contribution < -0.4 is 0 Å². The Morgan fingerprint density at radius 3 is 2.55 bits per heavy atom. The number of benzene rings is 1. The predicted molar refractivity (Wildman–Crippen MR) is 77.2 cm³/mol. The average Bonchev–Trinajstić information content (AvgIpc) is 2.37. The van der Waals surface area contributed by atoms with E-state index < -0.39 is 0 Å². The van der Waals surface area contributed by atoms with E-state index in [1.54, 1.807) is 6.92 Å². The van der Waals surface area contributed by atoms with E-state index >= 15 is 0 Å². The van der Waals surface area contributed by atoms with Crippen LogP contribution in [0.25, 0.3) is 11.3 Å². The molecule has 1 amide bonds. The minimum atomic E-state index is 0.122. The zero-order chi connectivity index (χ0) is 14.1. The lowest BCUT2D eigenvalue weighted by Gasteiger charge is -2.37. The van der Waals surface area contributed by atoms with E-state index in [0.717, 1.165) is 35.9 Å². The fourth-order valence-corrected chi connectivity index (χ4v) is 2.43. The smallest absolute Gasteiger partial charge is 0.219 e. The van der Waals surface area contributed by atoms with Crippen LogP contribution in [-0.2, 0) is 4.79 Å². The SMILES string of the molecule is CC(=O)N1CC(c2nc(C)cc(-c3ccccc3)n2)C1. The molecule has 3 rings (SSSR count). The number of amides is 1. The zero-order valence-corrected chi connectivity index (χ0v) is 11.7. The number of aryl methyl sites for hydroxylation is 1. The Morgan fingerprint density at radius 1 is 1.20 bits per heavy atom. The lowest BCUT2D eigenvalue weighted by molar-refractivity contribution is -0.133. The van der Waals surface area contributed by atoms with E-state index in [-0.39, 0.29) is 11.8 Å². The summed E-state index contributed by atoms with van der Waals surface area (Å²) in [6, 6.07) is 12.1. The van der Waals surface area contributed by atoms with E-state index in [1.165, 1.54) is 0 Å². The van der Waals surface area contributed by atoms with Crippen molar-refractivity contribution in [3.63, 3.8) is 0 Å². The van der Waals surface area contributed by atoms with Crippen LogP contribution >= 0.6 is 0 Å². The highest BCUT2D eigenvalue weighted by atomic mass is 16.2. The first-order valence-electron chi connectivity index (χ1n) is 6.80. The van der Waals surface area contributed by atoms with Crippen LogP contribution in [0.15, 0.2) is 36.4 Å². The molecule has 1 aromatic carbocycles. The topological polar surface area (TPSA) is 46.1 Å². The Balaban J connectivity index is 1.87. The van der Waals surface area contributed by atoms with Crippen LogP contribution in [0.5, 0.6) is 0 Å². The van der Waals surface area contributed by atoms with Gasteiger partial charge in [-0.3, -0.25) is 4.79 Å². The van der Waals surface area contributed by atoms with Gasteiger partial charge in [0.15, 0.2) is 0 Å². The molecule has 4 nitrogen and oxygen atoms in total. The molecule has 0 spiro atoms. The van der Waals surface area contributed by atoms with Gasteiger partial charge in [0.05, 0.1) is 11.6 Å². The van der Waals surface area contributed by atoms with Gasteiger partial charge in [-0.25, -0.2) is 9.97 Å². The molecule has 1 aromatic heterocycles. The molecule has 1 saturated heterocycles. The van der Waals surface area contributed by atoms with Gasteiger partial charge in [-0.15, -0.1) is 0 Å². The highest BCUT2D eigenvalue weighted by Gasteiger charge is 2.32. The summed E-state index contributed by atoms with van der Waals surface area (Å²) >= 11 is 0. The van der Waals surface area contributed by atoms with Gasteiger partial charge in [-0.05, 0) is 13.0 Å². The van der Waals surface area contributed by atoms with Crippen molar-refractivity contribution in [1.82, 2.24) is 14.9 Å². The Morgan fingerprint density at radius 2 is 1.90 bits per heavy atom. The van der Waals surface area contributed by atoms with Gasteiger partial charge < -0.3 is 4.90 Å². The summed E-state index contributed by atoms with van der Waals surface area (Å²) in [6.07, 6.45) is 0. The third-order valence-electron chi connectivity index (χ3n) is 3.63. The first-order valence-corrected chi connectivity index (χ1v) is 6.80. The zero-order valence-electron chi connectivity index (χ0n) is 11.7. The van der Waals surface area contributed by atoms with Crippen molar-refractivity contribution >= 4 is 5.91 Å². The fourth-order valence-electron chi connectivity index (χ4n) is 2.43. The number of carbonyl (C=O) groups excluding carboxylic acids is 1. The second-order valence-corrected chi connectivity index (χ2v) is 5.24. The summed E-state index contributed by atoms with van der Waals surface area (Å²) in [4.78, 5) is 22.3. The summed E-state index contributed by atoms with van der Waals surface area (Å²) in [5, 5.41) is 0. The molecular weight excluding hydrogens is 250 g/mol. The van der Waals surface area contributed by atoms with Gasteiger partial charge in [0.1, 0.15) is 5.82 Å². The van der Waals surface area contributed by atoms with Crippen LogP contribution in [0.2, 0.25) is 0 Å². The third kappa shape index (κ3) is 2.41. The number of carbonyl (C=O) groups is 1. The number of nitrogens with zero attached hydrogens (tertiary/aromatic N) is 3. The monoisotopic (exact) mass is 267 g/mol. The summed E-state index contributed by atoms with van der Waals surface area (Å²) in [7, 11) is 0. The van der Waals surface area contributed by atoms with Gasteiger partial charge in [-0.1, -0.05) is 30.3 Å². The van der Waals surface area contributed by atoms with E-state index in [0.29, 0.717) is 0 Å². The van der Waals surface area contributed by atoms with Gasteiger partial charge in [0, 0.05) is 31.3 Å². The third-order valence-corrected chi connectivity index (χ3v) is 3.63. The minimum absolute atomic E-state index is 0.122. The van der Waals surface area contributed by atoms with Crippen LogP contribution in [0.3, 0.4) is 0 Å². The normalized spacial score (nSPS) is 15.0. The standard InChI is InChI=1S/C16H17N3O/c1-11-8-15(13-6-4-3-5-7-13)18-16(17-11)14-9-19(10-14)12(2)20/h3-8,14H,9-10H2,1-2H3. The molecule has 0 radical (unpaired) electrons. The predicted octanol–water partition coefficient (Wildman–Crippen LogP) is 2.40. The molecule has 0 bridgehead atoms. The molecule has 2 aromatic rings. The highest BCUT2D eigenvalue weighted by Crippen LogP contribution is 2.26. The van der Waals surface area contributed by atoms with E-state index in [2.05, 4.69) is 9.97 Å². The van der Waals surface area contributed by atoms with Crippen molar-refractivity contribution < 1.29 is 4.79 Å². The molecule has 1 fully saturated rings. The molecule has 1 aliphatic rings. The molecular formula is C16H17N3O. The number of aromatic nitrogens is 2.